The molecule has 1 aliphatic rings. The summed E-state index contributed by atoms with van der Waals surface area (Å²) >= 11 is 0. The number of methoxy groups -OCH3 is 1. The standard InChI is InChI=1S/C17H17N7O4/c1-28-17(25)11-6-8-22(9-7-11)15-14(24(26)27)16(19-10-18-15)23-13-5-3-2-4-12(13)20-21-23/h2-5,10-11H,6-9H2,1H3. The van der Waals surface area contributed by atoms with Gasteiger partial charge in [-0.25, -0.2) is 9.97 Å². The van der Waals surface area contributed by atoms with Crippen molar-refractivity contribution < 1.29 is 14.5 Å². The number of carbonyl (C=O) groups is 1. The Kier molecular flexibility index (Phi) is 4.55. The molecule has 0 unspecified atom stereocenters. The Hall–Kier alpha value is -3.63. The van der Waals surface area contributed by atoms with E-state index in [-0.39, 0.29) is 29.2 Å². The minimum absolute atomic E-state index is 0.0544. The van der Waals surface area contributed by atoms with Gasteiger partial charge < -0.3 is 9.64 Å². The van der Waals surface area contributed by atoms with Gasteiger partial charge >= 0.3 is 11.7 Å². The fraction of sp³-hybridized carbons (Fsp3) is 0.353. The number of piperidine rings is 1. The maximum atomic E-state index is 11.9. The normalized spacial score (nSPS) is 15.0. The maximum Gasteiger partial charge on any atom is 0.355 e. The molecule has 11 heteroatoms. The topological polar surface area (TPSA) is 129 Å². The van der Waals surface area contributed by atoms with Gasteiger partial charge in [0.25, 0.3) is 0 Å². The number of nitrogens with zero attached hydrogens (tertiary/aromatic N) is 7. The molecule has 144 valence electrons. The van der Waals surface area contributed by atoms with Crippen molar-refractivity contribution in [1.82, 2.24) is 25.0 Å². The zero-order valence-corrected chi connectivity index (χ0v) is 15.1. The van der Waals surface area contributed by atoms with Crippen molar-refractivity contribution in [3.8, 4) is 5.82 Å². The molecule has 0 N–H and O–H groups in total. The Balaban J connectivity index is 1.73. The summed E-state index contributed by atoms with van der Waals surface area (Å²) < 4.78 is 6.14. The minimum Gasteiger partial charge on any atom is -0.469 e. The highest BCUT2D eigenvalue weighted by Crippen LogP contribution is 2.34. The van der Waals surface area contributed by atoms with Crippen LogP contribution in [0.5, 0.6) is 0 Å². The van der Waals surface area contributed by atoms with Crippen molar-refractivity contribution in [3.63, 3.8) is 0 Å². The average Bonchev–Trinajstić information content (AvgIpc) is 3.16. The summed E-state index contributed by atoms with van der Waals surface area (Å²) in [6, 6.07) is 7.15. The number of benzene rings is 1. The third-order valence-corrected chi connectivity index (χ3v) is 4.85. The molecule has 2 aromatic heterocycles. The van der Waals surface area contributed by atoms with E-state index in [0.717, 1.165) is 0 Å². The Morgan fingerprint density at radius 3 is 2.64 bits per heavy atom. The second kappa shape index (κ2) is 7.18. The first-order chi connectivity index (χ1) is 13.6. The van der Waals surface area contributed by atoms with Gasteiger partial charge in [-0.1, -0.05) is 17.3 Å². The van der Waals surface area contributed by atoms with E-state index < -0.39 is 4.92 Å². The molecule has 0 radical (unpaired) electrons. The quantitative estimate of drug-likeness (QED) is 0.374. The van der Waals surface area contributed by atoms with Crippen LogP contribution in [0.15, 0.2) is 30.6 Å². The van der Waals surface area contributed by atoms with Crippen LogP contribution in [-0.4, -0.2) is 56.1 Å². The first kappa shape index (κ1) is 17.8. The molecule has 1 saturated heterocycles. The highest BCUT2D eigenvalue weighted by atomic mass is 16.6. The van der Waals surface area contributed by atoms with Crippen molar-refractivity contribution in [2.45, 2.75) is 12.8 Å². The highest BCUT2D eigenvalue weighted by molar-refractivity contribution is 5.78. The van der Waals surface area contributed by atoms with E-state index in [1.807, 2.05) is 6.07 Å². The molecule has 0 aliphatic carbocycles. The van der Waals surface area contributed by atoms with Crippen LogP contribution in [0.25, 0.3) is 16.9 Å². The number of anilines is 1. The zero-order valence-electron chi connectivity index (χ0n) is 15.1. The van der Waals surface area contributed by atoms with Gasteiger partial charge in [-0.15, -0.1) is 5.10 Å². The van der Waals surface area contributed by atoms with E-state index in [1.54, 1.807) is 23.1 Å². The number of nitro groups is 1. The number of hydrogen-bond acceptors (Lipinski definition) is 9. The van der Waals surface area contributed by atoms with Crippen LogP contribution in [0.2, 0.25) is 0 Å². The van der Waals surface area contributed by atoms with Crippen LogP contribution in [0.3, 0.4) is 0 Å². The fourth-order valence-corrected chi connectivity index (χ4v) is 3.43. The lowest BCUT2D eigenvalue weighted by molar-refractivity contribution is -0.384. The molecule has 11 nitrogen and oxygen atoms in total. The first-order valence-electron chi connectivity index (χ1n) is 8.73. The van der Waals surface area contributed by atoms with Crippen LogP contribution in [0.4, 0.5) is 11.5 Å². The summed E-state index contributed by atoms with van der Waals surface area (Å²) in [5.74, 6) is -0.204. The second-order valence-corrected chi connectivity index (χ2v) is 6.40. The lowest BCUT2D eigenvalue weighted by atomic mass is 9.97. The van der Waals surface area contributed by atoms with Crippen LogP contribution in [-0.2, 0) is 9.53 Å². The third kappa shape index (κ3) is 3.00. The molecule has 0 amide bonds. The lowest BCUT2D eigenvalue weighted by Gasteiger charge is -2.31. The Labute approximate surface area is 159 Å². The number of rotatable bonds is 4. The summed E-state index contributed by atoms with van der Waals surface area (Å²) in [6.07, 6.45) is 2.35. The molecule has 0 spiro atoms. The van der Waals surface area contributed by atoms with Gasteiger partial charge in [0.05, 0.1) is 23.5 Å². The predicted octanol–water partition coefficient (Wildman–Crippen LogP) is 1.51. The SMILES string of the molecule is COC(=O)C1CCN(c2ncnc(-n3nnc4ccccc43)c2[N+](=O)[O-])CC1. The van der Waals surface area contributed by atoms with Crippen LogP contribution >= 0.6 is 0 Å². The van der Waals surface area contributed by atoms with E-state index >= 15 is 0 Å². The predicted molar refractivity (Wildman–Crippen MR) is 98.1 cm³/mol. The van der Waals surface area contributed by atoms with Gasteiger partial charge in [0.2, 0.25) is 11.6 Å². The molecule has 4 rings (SSSR count). The largest absolute Gasteiger partial charge is 0.469 e. The van der Waals surface area contributed by atoms with E-state index in [2.05, 4.69) is 20.3 Å². The van der Waals surface area contributed by atoms with E-state index in [9.17, 15) is 14.9 Å². The Morgan fingerprint density at radius 1 is 1.21 bits per heavy atom. The van der Waals surface area contributed by atoms with Gasteiger partial charge in [-0.3, -0.25) is 14.9 Å². The van der Waals surface area contributed by atoms with Gasteiger partial charge in [0.1, 0.15) is 11.8 Å². The van der Waals surface area contributed by atoms with Gasteiger partial charge in [0.15, 0.2) is 0 Å². The molecule has 1 aromatic carbocycles. The number of aromatic nitrogens is 5. The monoisotopic (exact) mass is 383 g/mol. The smallest absolute Gasteiger partial charge is 0.355 e. The third-order valence-electron chi connectivity index (χ3n) is 4.85. The highest BCUT2D eigenvalue weighted by Gasteiger charge is 2.33. The summed E-state index contributed by atoms with van der Waals surface area (Å²) in [6.45, 7) is 0.907. The van der Waals surface area contributed by atoms with Crippen molar-refractivity contribution in [2.75, 3.05) is 25.1 Å². The summed E-state index contributed by atoms with van der Waals surface area (Å²) in [4.78, 5) is 33.2. The van der Waals surface area contributed by atoms with Crippen LogP contribution in [0, 0.1) is 16.0 Å². The van der Waals surface area contributed by atoms with Crippen LogP contribution < -0.4 is 4.90 Å². The number of fused-ring (bicyclic) bond motifs is 1. The van der Waals surface area contributed by atoms with Crippen molar-refractivity contribution in [1.29, 1.82) is 0 Å². The van der Waals surface area contributed by atoms with Crippen molar-refractivity contribution >= 4 is 28.5 Å². The molecule has 0 saturated carbocycles. The number of ether oxygens (including phenoxy) is 1. The number of para-hydroxylation sites is 1. The molecular weight excluding hydrogens is 366 g/mol. The first-order valence-corrected chi connectivity index (χ1v) is 8.73. The summed E-state index contributed by atoms with van der Waals surface area (Å²) in [7, 11) is 1.36. The summed E-state index contributed by atoms with van der Waals surface area (Å²) in [5.41, 5.74) is 0.977. The fourth-order valence-electron chi connectivity index (χ4n) is 3.43. The second-order valence-electron chi connectivity index (χ2n) is 6.40. The number of esters is 1. The van der Waals surface area contributed by atoms with E-state index in [4.69, 9.17) is 4.74 Å². The molecule has 1 aliphatic heterocycles. The van der Waals surface area contributed by atoms with Gasteiger partial charge in [-0.2, -0.15) is 4.68 Å². The molecule has 1 fully saturated rings. The van der Waals surface area contributed by atoms with Crippen molar-refractivity contribution in [2.24, 2.45) is 5.92 Å². The number of carbonyl (C=O) groups excluding carboxylic acids is 1. The van der Waals surface area contributed by atoms with E-state index in [0.29, 0.717) is 37.0 Å². The molecule has 3 heterocycles. The minimum atomic E-state index is -0.506. The lowest BCUT2D eigenvalue weighted by Crippen LogP contribution is -2.37. The molecule has 0 atom stereocenters. The molecule has 0 bridgehead atoms. The number of hydrogen-bond donors (Lipinski definition) is 0. The van der Waals surface area contributed by atoms with Gasteiger partial charge in [0, 0.05) is 13.1 Å². The molecule has 28 heavy (non-hydrogen) atoms. The zero-order chi connectivity index (χ0) is 19.7. The Morgan fingerprint density at radius 2 is 1.93 bits per heavy atom. The van der Waals surface area contributed by atoms with Crippen LogP contribution in [0.1, 0.15) is 12.8 Å². The summed E-state index contributed by atoms with van der Waals surface area (Å²) in [5, 5.41) is 20.0. The van der Waals surface area contributed by atoms with Crippen molar-refractivity contribution in [3.05, 3.63) is 40.7 Å². The molecule has 3 aromatic rings. The average molecular weight is 383 g/mol. The van der Waals surface area contributed by atoms with E-state index in [1.165, 1.54) is 18.1 Å². The Bertz CT molecular complexity index is 1040. The van der Waals surface area contributed by atoms with Gasteiger partial charge in [-0.05, 0) is 25.0 Å². The molecular formula is C17H17N7O4. The maximum absolute atomic E-state index is 11.9.